The summed E-state index contributed by atoms with van der Waals surface area (Å²) in [5.41, 5.74) is 1.23. The zero-order chi connectivity index (χ0) is 17.6. The Kier molecular flexibility index (Phi) is 10.6. The first-order valence-electron chi connectivity index (χ1n) is 8.55. The molecule has 0 atom stereocenters. The number of hydrogen-bond donors (Lipinski definition) is 3. The quantitative estimate of drug-likeness (QED) is 0.324. The number of guanidine groups is 1. The lowest BCUT2D eigenvalue weighted by atomic mass is 10.1. The van der Waals surface area contributed by atoms with E-state index in [1.807, 2.05) is 12.1 Å². The minimum atomic E-state index is 0.314. The number of likely N-dealkylation sites (N-methyl/N-ethyl adjacent to an activating group) is 1. The maximum atomic E-state index is 9.27. The van der Waals surface area contributed by atoms with Crippen LogP contribution >= 0.6 is 0 Å². The average molecular weight is 336 g/mol. The van der Waals surface area contributed by atoms with Gasteiger partial charge in [-0.3, -0.25) is 4.99 Å². The molecule has 136 valence electrons. The molecular weight excluding hydrogens is 304 g/mol. The highest BCUT2D eigenvalue weighted by molar-refractivity contribution is 5.79. The Labute approximate surface area is 145 Å². The van der Waals surface area contributed by atoms with E-state index in [0.717, 1.165) is 58.0 Å². The summed E-state index contributed by atoms with van der Waals surface area (Å²) in [6, 6.07) is 7.38. The molecule has 0 radical (unpaired) electrons. The number of rotatable bonds is 11. The number of benzene rings is 1. The lowest BCUT2D eigenvalue weighted by molar-refractivity contribution is 0.180. The van der Waals surface area contributed by atoms with Crippen molar-refractivity contribution >= 4 is 5.96 Å². The molecule has 6 nitrogen and oxygen atoms in total. The van der Waals surface area contributed by atoms with E-state index >= 15 is 0 Å². The van der Waals surface area contributed by atoms with Crippen molar-refractivity contribution in [3.63, 3.8) is 0 Å². The van der Waals surface area contributed by atoms with Crippen LogP contribution in [0.5, 0.6) is 5.75 Å². The molecule has 0 fully saturated rings. The lowest BCUT2D eigenvalue weighted by Gasteiger charge is -2.18. The second kappa shape index (κ2) is 12.6. The van der Waals surface area contributed by atoms with Crippen molar-refractivity contribution < 1.29 is 9.84 Å². The molecule has 0 aromatic heterocycles. The highest BCUT2D eigenvalue weighted by Gasteiger charge is 2.01. The summed E-state index contributed by atoms with van der Waals surface area (Å²) in [5, 5.41) is 15.9. The van der Waals surface area contributed by atoms with Crippen LogP contribution < -0.4 is 10.6 Å². The topological polar surface area (TPSA) is 69.1 Å². The molecule has 0 saturated carbocycles. The monoisotopic (exact) mass is 336 g/mol. The fourth-order valence-corrected chi connectivity index (χ4v) is 2.34. The van der Waals surface area contributed by atoms with E-state index < -0.39 is 0 Å². The molecule has 0 aliphatic rings. The van der Waals surface area contributed by atoms with Crippen molar-refractivity contribution in [2.45, 2.75) is 19.3 Å². The van der Waals surface area contributed by atoms with Crippen LogP contribution in [0, 0.1) is 0 Å². The van der Waals surface area contributed by atoms with Crippen LogP contribution in [0.25, 0.3) is 0 Å². The van der Waals surface area contributed by atoms with Gasteiger partial charge >= 0.3 is 0 Å². The number of nitrogens with zero attached hydrogens (tertiary/aromatic N) is 2. The Morgan fingerprint density at radius 1 is 1.12 bits per heavy atom. The van der Waals surface area contributed by atoms with Crippen LogP contribution in [0.1, 0.15) is 18.4 Å². The van der Waals surface area contributed by atoms with Gasteiger partial charge in [0, 0.05) is 46.9 Å². The third-order valence-electron chi connectivity index (χ3n) is 3.77. The number of nitrogens with one attached hydrogen (secondary N) is 2. The summed E-state index contributed by atoms with van der Waals surface area (Å²) < 4.78 is 5.06. The van der Waals surface area contributed by atoms with E-state index in [9.17, 15) is 5.11 Å². The van der Waals surface area contributed by atoms with Crippen molar-refractivity contribution in [1.82, 2.24) is 15.5 Å². The van der Waals surface area contributed by atoms with E-state index in [1.54, 1.807) is 26.3 Å². The van der Waals surface area contributed by atoms with Gasteiger partial charge in [-0.1, -0.05) is 12.1 Å². The minimum absolute atomic E-state index is 0.314. The van der Waals surface area contributed by atoms with Crippen molar-refractivity contribution in [3.8, 4) is 5.75 Å². The number of aliphatic imine (C=N–C) groups is 1. The number of aryl methyl sites for hydroxylation is 1. The SMILES string of the molecule is CN=C(NCCCc1ccc(O)cc1)NCCN(C)CCCOC. The van der Waals surface area contributed by atoms with Crippen LogP contribution in [0.3, 0.4) is 0 Å². The Bertz CT molecular complexity index is 463. The molecule has 0 unspecified atom stereocenters. The van der Waals surface area contributed by atoms with Gasteiger partial charge < -0.3 is 25.4 Å². The summed E-state index contributed by atoms with van der Waals surface area (Å²) in [7, 11) is 5.64. The van der Waals surface area contributed by atoms with Gasteiger partial charge in [0.25, 0.3) is 0 Å². The third kappa shape index (κ3) is 9.37. The fourth-order valence-electron chi connectivity index (χ4n) is 2.34. The van der Waals surface area contributed by atoms with E-state index in [1.165, 1.54) is 5.56 Å². The molecule has 0 bridgehead atoms. The molecule has 0 saturated heterocycles. The van der Waals surface area contributed by atoms with E-state index in [2.05, 4.69) is 27.6 Å². The van der Waals surface area contributed by atoms with Gasteiger partial charge in [0.1, 0.15) is 5.75 Å². The molecule has 6 heteroatoms. The van der Waals surface area contributed by atoms with E-state index in [-0.39, 0.29) is 0 Å². The second-order valence-corrected chi connectivity index (χ2v) is 5.85. The van der Waals surface area contributed by atoms with Gasteiger partial charge in [0.15, 0.2) is 5.96 Å². The average Bonchev–Trinajstić information content (AvgIpc) is 2.59. The lowest BCUT2D eigenvalue weighted by Crippen LogP contribution is -2.41. The Morgan fingerprint density at radius 3 is 2.50 bits per heavy atom. The van der Waals surface area contributed by atoms with Crippen LogP contribution in [-0.2, 0) is 11.2 Å². The third-order valence-corrected chi connectivity index (χ3v) is 3.77. The first-order valence-corrected chi connectivity index (χ1v) is 8.55. The smallest absolute Gasteiger partial charge is 0.191 e. The normalized spacial score (nSPS) is 11.8. The summed E-state index contributed by atoms with van der Waals surface area (Å²) in [5.74, 6) is 1.15. The fraction of sp³-hybridized carbons (Fsp3) is 0.611. The molecule has 0 amide bonds. The molecule has 1 aromatic carbocycles. The largest absolute Gasteiger partial charge is 0.508 e. The molecule has 1 aromatic rings. The van der Waals surface area contributed by atoms with Crippen LogP contribution in [0.15, 0.2) is 29.3 Å². The molecule has 0 aliphatic heterocycles. The predicted molar refractivity (Wildman–Crippen MR) is 99.8 cm³/mol. The first-order chi connectivity index (χ1) is 11.7. The number of phenolic OH excluding ortho intramolecular Hbond substituents is 1. The number of aromatic hydroxyl groups is 1. The number of phenols is 1. The maximum Gasteiger partial charge on any atom is 0.191 e. The number of hydrogen-bond acceptors (Lipinski definition) is 4. The summed E-state index contributed by atoms with van der Waals surface area (Å²) in [4.78, 5) is 6.52. The van der Waals surface area contributed by atoms with Gasteiger partial charge in [0.05, 0.1) is 0 Å². The van der Waals surface area contributed by atoms with Crippen molar-refractivity contribution in [3.05, 3.63) is 29.8 Å². The molecule has 3 N–H and O–H groups in total. The molecule has 0 aliphatic carbocycles. The highest BCUT2D eigenvalue weighted by Crippen LogP contribution is 2.10. The van der Waals surface area contributed by atoms with Gasteiger partial charge in [-0.25, -0.2) is 0 Å². The highest BCUT2D eigenvalue weighted by atomic mass is 16.5. The summed E-state index contributed by atoms with van der Waals surface area (Å²) in [6.45, 7) is 4.54. The standard InChI is InChI=1S/C18H32N4O2/c1-19-18(21-12-14-22(2)13-5-15-24-3)20-11-4-6-16-7-9-17(23)10-8-16/h7-10,23H,4-6,11-15H2,1-3H3,(H2,19,20,21). The molecule has 1 rings (SSSR count). The van der Waals surface area contributed by atoms with Gasteiger partial charge in [0.2, 0.25) is 0 Å². The second-order valence-electron chi connectivity index (χ2n) is 5.85. The minimum Gasteiger partial charge on any atom is -0.508 e. The van der Waals surface area contributed by atoms with Crippen LogP contribution in [0.2, 0.25) is 0 Å². The maximum absolute atomic E-state index is 9.27. The number of ether oxygens (including phenoxy) is 1. The van der Waals surface area contributed by atoms with Crippen molar-refractivity contribution in [1.29, 1.82) is 0 Å². The summed E-state index contributed by atoms with van der Waals surface area (Å²) in [6.07, 6.45) is 3.05. The summed E-state index contributed by atoms with van der Waals surface area (Å²) >= 11 is 0. The Morgan fingerprint density at radius 2 is 1.83 bits per heavy atom. The first kappa shape index (κ1) is 20.3. The molecule has 24 heavy (non-hydrogen) atoms. The predicted octanol–water partition coefficient (Wildman–Crippen LogP) is 1.46. The van der Waals surface area contributed by atoms with Gasteiger partial charge in [-0.2, -0.15) is 0 Å². The zero-order valence-electron chi connectivity index (χ0n) is 15.2. The Balaban J connectivity index is 2.11. The molecule has 0 spiro atoms. The van der Waals surface area contributed by atoms with E-state index in [4.69, 9.17) is 4.74 Å². The molecule has 0 heterocycles. The van der Waals surface area contributed by atoms with Gasteiger partial charge in [-0.15, -0.1) is 0 Å². The molecular formula is C18H32N4O2. The van der Waals surface area contributed by atoms with Crippen LogP contribution in [0.4, 0.5) is 0 Å². The van der Waals surface area contributed by atoms with E-state index in [0.29, 0.717) is 5.75 Å². The van der Waals surface area contributed by atoms with Crippen molar-refractivity contribution in [2.75, 3.05) is 54.0 Å². The number of methoxy groups -OCH3 is 1. The van der Waals surface area contributed by atoms with Crippen molar-refractivity contribution in [2.24, 2.45) is 4.99 Å². The Hall–Kier alpha value is -1.79. The van der Waals surface area contributed by atoms with Crippen LogP contribution in [-0.4, -0.2) is 70.0 Å². The zero-order valence-corrected chi connectivity index (χ0v) is 15.2. The van der Waals surface area contributed by atoms with Gasteiger partial charge in [-0.05, 0) is 44.0 Å².